The van der Waals surface area contributed by atoms with Crippen LogP contribution >= 0.6 is 0 Å². The maximum atomic E-state index is 12.6. The molecule has 1 heterocycles. The average Bonchev–Trinajstić information content (AvgIpc) is 2.37. The molecule has 0 N–H and O–H groups in total. The number of hydrogen-bond donors (Lipinski definition) is 0. The normalized spacial score (nSPS) is 31.1. The molecule has 0 radical (unpaired) electrons. The van der Waals surface area contributed by atoms with Crippen LogP contribution in [0.5, 0.6) is 0 Å². The lowest BCUT2D eigenvalue weighted by molar-refractivity contribution is -0.124. The van der Waals surface area contributed by atoms with E-state index in [1.165, 1.54) is 0 Å². The first-order chi connectivity index (χ1) is 9.72. The highest BCUT2D eigenvalue weighted by Crippen LogP contribution is 2.41. The smallest absolute Gasteiger partial charge is 0.410 e. The van der Waals surface area contributed by atoms with Crippen LogP contribution in [0.3, 0.4) is 0 Å². The van der Waals surface area contributed by atoms with Gasteiger partial charge in [0.2, 0.25) is 0 Å². The van der Waals surface area contributed by atoms with Crippen molar-refractivity contribution < 1.29 is 14.3 Å². The fourth-order valence-corrected chi connectivity index (χ4v) is 3.74. The quantitative estimate of drug-likeness (QED) is 0.736. The summed E-state index contributed by atoms with van der Waals surface area (Å²) < 4.78 is 5.59. The van der Waals surface area contributed by atoms with E-state index >= 15 is 0 Å². The number of rotatable bonds is 1. The van der Waals surface area contributed by atoms with Crippen molar-refractivity contribution in [2.45, 2.75) is 83.8 Å². The highest BCUT2D eigenvalue weighted by molar-refractivity contribution is 5.79. The molecule has 0 aromatic carbocycles. The van der Waals surface area contributed by atoms with Gasteiger partial charge in [-0.05, 0) is 65.7 Å². The Morgan fingerprint density at radius 2 is 2.00 bits per heavy atom. The SMILES string of the molecule is CC(C)(C)OC(=O)N1CCCC[C@@]1(C)[C@H]1CCCC(=O)C1. The van der Waals surface area contributed by atoms with E-state index in [9.17, 15) is 9.59 Å². The van der Waals surface area contributed by atoms with Gasteiger partial charge in [0.15, 0.2) is 0 Å². The first kappa shape index (κ1) is 16.3. The largest absolute Gasteiger partial charge is 0.444 e. The zero-order valence-electron chi connectivity index (χ0n) is 13.9. The Kier molecular flexibility index (Phi) is 4.64. The van der Waals surface area contributed by atoms with Crippen molar-refractivity contribution in [1.82, 2.24) is 4.90 Å². The lowest BCUT2D eigenvalue weighted by atomic mass is 9.70. The standard InChI is InChI=1S/C17H29NO3/c1-16(2,3)21-15(20)18-11-6-5-10-17(18,4)13-8-7-9-14(19)12-13/h13H,5-12H2,1-4H3/t13-,17-/m0/s1. The number of nitrogens with zero attached hydrogens (tertiary/aromatic N) is 1. The van der Waals surface area contributed by atoms with Crippen molar-refractivity contribution in [3.63, 3.8) is 0 Å². The second-order valence-electron chi connectivity index (χ2n) is 7.78. The minimum absolute atomic E-state index is 0.220. The van der Waals surface area contributed by atoms with E-state index in [4.69, 9.17) is 4.74 Å². The average molecular weight is 295 g/mol. The Bertz CT molecular complexity index is 413. The van der Waals surface area contributed by atoms with Gasteiger partial charge in [0.25, 0.3) is 0 Å². The van der Waals surface area contributed by atoms with Gasteiger partial charge in [-0.15, -0.1) is 0 Å². The molecule has 2 aliphatic rings. The van der Waals surface area contributed by atoms with Crippen LogP contribution < -0.4 is 0 Å². The lowest BCUT2D eigenvalue weighted by Crippen LogP contribution is -2.58. The van der Waals surface area contributed by atoms with E-state index in [-0.39, 0.29) is 17.6 Å². The minimum atomic E-state index is -0.474. The number of ether oxygens (including phenoxy) is 1. The van der Waals surface area contributed by atoms with Crippen LogP contribution in [0.2, 0.25) is 0 Å². The van der Waals surface area contributed by atoms with Gasteiger partial charge in [-0.25, -0.2) is 4.79 Å². The molecule has 1 aliphatic carbocycles. The van der Waals surface area contributed by atoms with Crippen LogP contribution in [0.15, 0.2) is 0 Å². The molecule has 1 amide bonds. The van der Waals surface area contributed by atoms with E-state index in [2.05, 4.69) is 6.92 Å². The summed E-state index contributed by atoms with van der Waals surface area (Å²) in [5, 5.41) is 0. The summed E-state index contributed by atoms with van der Waals surface area (Å²) in [7, 11) is 0. The van der Waals surface area contributed by atoms with Crippen molar-refractivity contribution in [2.24, 2.45) is 5.92 Å². The minimum Gasteiger partial charge on any atom is -0.444 e. The number of amides is 1. The Hall–Kier alpha value is -1.06. The number of ketones is 1. The molecule has 2 fully saturated rings. The number of hydrogen-bond acceptors (Lipinski definition) is 3. The predicted molar refractivity (Wildman–Crippen MR) is 82.2 cm³/mol. The Morgan fingerprint density at radius 1 is 1.29 bits per heavy atom. The molecular formula is C17H29NO3. The molecule has 2 atom stereocenters. The molecule has 0 bridgehead atoms. The Labute approximate surface area is 128 Å². The van der Waals surface area contributed by atoms with Crippen molar-refractivity contribution in [3.8, 4) is 0 Å². The molecule has 4 heteroatoms. The molecule has 0 aromatic heterocycles. The van der Waals surface area contributed by atoms with Crippen LogP contribution in [0, 0.1) is 5.92 Å². The van der Waals surface area contributed by atoms with Crippen molar-refractivity contribution in [1.29, 1.82) is 0 Å². The van der Waals surface area contributed by atoms with Crippen LogP contribution in [0.25, 0.3) is 0 Å². The van der Waals surface area contributed by atoms with Crippen molar-refractivity contribution in [3.05, 3.63) is 0 Å². The molecule has 4 nitrogen and oxygen atoms in total. The van der Waals surface area contributed by atoms with Crippen LogP contribution in [0.4, 0.5) is 4.79 Å². The van der Waals surface area contributed by atoms with Gasteiger partial charge in [-0.2, -0.15) is 0 Å². The molecule has 0 aromatic rings. The maximum absolute atomic E-state index is 12.6. The first-order valence-electron chi connectivity index (χ1n) is 8.25. The summed E-state index contributed by atoms with van der Waals surface area (Å²) in [6.07, 6.45) is 6.24. The van der Waals surface area contributed by atoms with Gasteiger partial charge in [-0.1, -0.05) is 0 Å². The third-order valence-corrected chi connectivity index (χ3v) is 4.91. The zero-order chi connectivity index (χ0) is 15.7. The summed E-state index contributed by atoms with van der Waals surface area (Å²) in [6.45, 7) is 8.60. The Balaban J connectivity index is 2.17. The van der Waals surface area contributed by atoms with Gasteiger partial charge in [-0.3, -0.25) is 4.79 Å². The molecule has 1 saturated carbocycles. The van der Waals surface area contributed by atoms with Gasteiger partial charge >= 0.3 is 6.09 Å². The van der Waals surface area contributed by atoms with E-state index in [0.29, 0.717) is 18.6 Å². The van der Waals surface area contributed by atoms with Crippen molar-refractivity contribution >= 4 is 11.9 Å². The van der Waals surface area contributed by atoms with Crippen LogP contribution in [0.1, 0.15) is 72.6 Å². The fourth-order valence-electron chi connectivity index (χ4n) is 3.74. The van der Waals surface area contributed by atoms with Crippen molar-refractivity contribution in [2.75, 3.05) is 6.54 Å². The van der Waals surface area contributed by atoms with Crippen LogP contribution in [-0.4, -0.2) is 34.5 Å². The summed E-state index contributed by atoms with van der Waals surface area (Å²) in [6, 6.07) is 0. The van der Waals surface area contributed by atoms with E-state index in [1.807, 2.05) is 25.7 Å². The summed E-state index contributed by atoms with van der Waals surface area (Å²) in [5.41, 5.74) is -0.700. The number of carbonyl (C=O) groups excluding carboxylic acids is 2. The lowest BCUT2D eigenvalue weighted by Gasteiger charge is -2.50. The highest BCUT2D eigenvalue weighted by atomic mass is 16.6. The molecule has 0 spiro atoms. The molecular weight excluding hydrogens is 266 g/mol. The van der Waals surface area contributed by atoms with Crippen LogP contribution in [-0.2, 0) is 9.53 Å². The fraction of sp³-hybridized carbons (Fsp3) is 0.882. The first-order valence-corrected chi connectivity index (χ1v) is 8.25. The van der Waals surface area contributed by atoms with Gasteiger partial charge in [0, 0.05) is 24.9 Å². The van der Waals surface area contributed by atoms with E-state index in [0.717, 1.165) is 38.6 Å². The summed E-state index contributed by atoms with van der Waals surface area (Å²) in [4.78, 5) is 26.3. The highest BCUT2D eigenvalue weighted by Gasteiger charge is 2.46. The zero-order valence-corrected chi connectivity index (χ0v) is 13.9. The second-order valence-corrected chi connectivity index (χ2v) is 7.78. The maximum Gasteiger partial charge on any atom is 0.410 e. The molecule has 0 unspecified atom stereocenters. The van der Waals surface area contributed by atoms with Gasteiger partial charge < -0.3 is 9.64 Å². The summed E-state index contributed by atoms with van der Waals surface area (Å²) >= 11 is 0. The molecule has 21 heavy (non-hydrogen) atoms. The van der Waals surface area contributed by atoms with Gasteiger partial charge in [0.05, 0.1) is 0 Å². The number of carbonyl (C=O) groups is 2. The third kappa shape index (κ3) is 3.78. The summed E-state index contributed by atoms with van der Waals surface area (Å²) in [5.74, 6) is 0.633. The predicted octanol–water partition coefficient (Wildman–Crippen LogP) is 3.93. The molecule has 120 valence electrons. The molecule has 1 aliphatic heterocycles. The second kappa shape index (κ2) is 5.98. The van der Waals surface area contributed by atoms with E-state index < -0.39 is 5.60 Å². The third-order valence-electron chi connectivity index (χ3n) is 4.91. The number of likely N-dealkylation sites (tertiary alicyclic amines) is 1. The van der Waals surface area contributed by atoms with Gasteiger partial charge in [0.1, 0.15) is 11.4 Å². The van der Waals surface area contributed by atoms with E-state index in [1.54, 1.807) is 0 Å². The molecule has 2 rings (SSSR count). The number of Topliss-reactive ketones (excluding diaryl/α,β-unsaturated/α-hetero) is 1. The monoisotopic (exact) mass is 295 g/mol. The number of piperidine rings is 1. The molecule has 1 saturated heterocycles. The Morgan fingerprint density at radius 3 is 2.62 bits per heavy atom. The topological polar surface area (TPSA) is 46.6 Å².